The average Bonchev–Trinajstić information content (AvgIpc) is 2.89. The first-order valence-corrected chi connectivity index (χ1v) is 6.89. The Kier molecular flexibility index (Phi) is 5.21. The van der Waals surface area contributed by atoms with E-state index in [0.717, 1.165) is 31.0 Å². The zero-order chi connectivity index (χ0) is 13.5. The summed E-state index contributed by atoms with van der Waals surface area (Å²) in [6, 6.07) is 7.37. The molecule has 1 saturated heterocycles. The monoisotopic (exact) mass is 263 g/mol. The molecule has 1 aromatic rings. The molecule has 0 spiro atoms. The molecule has 0 aromatic heterocycles. The average molecular weight is 263 g/mol. The second-order valence-corrected chi connectivity index (χ2v) is 5.03. The van der Waals surface area contributed by atoms with Gasteiger partial charge in [0, 0.05) is 5.56 Å². The van der Waals surface area contributed by atoms with Crippen LogP contribution >= 0.6 is 0 Å². The molecule has 0 saturated carbocycles. The van der Waals surface area contributed by atoms with E-state index in [9.17, 15) is 4.79 Å². The fourth-order valence-corrected chi connectivity index (χ4v) is 2.47. The molecule has 4 heteroatoms. The first kappa shape index (κ1) is 13.9. The minimum absolute atomic E-state index is 0.0166. The van der Waals surface area contributed by atoms with Crippen molar-refractivity contribution in [2.24, 2.45) is 5.92 Å². The number of carboxylic acid groups (broad SMARTS) is 1. The standard InChI is InChI=1S/C15H21NO3/c17-15(18)10-13-5-1-2-6-14(13)19-9-3-4-12-7-8-16-11-12/h1-2,5-6,12,16H,3-4,7-11H2,(H,17,18). The lowest BCUT2D eigenvalue weighted by molar-refractivity contribution is -0.136. The van der Waals surface area contributed by atoms with E-state index in [-0.39, 0.29) is 6.42 Å². The molecule has 4 nitrogen and oxygen atoms in total. The van der Waals surface area contributed by atoms with Gasteiger partial charge in [0.15, 0.2) is 0 Å². The Morgan fingerprint density at radius 2 is 2.26 bits per heavy atom. The summed E-state index contributed by atoms with van der Waals surface area (Å²) in [5, 5.41) is 12.2. The zero-order valence-corrected chi connectivity index (χ0v) is 11.1. The normalized spacial score (nSPS) is 18.4. The molecule has 104 valence electrons. The molecule has 2 N–H and O–H groups in total. The number of carboxylic acids is 1. The molecule has 1 unspecified atom stereocenters. The van der Waals surface area contributed by atoms with Gasteiger partial charge in [-0.1, -0.05) is 18.2 Å². The van der Waals surface area contributed by atoms with Crippen molar-refractivity contribution in [3.8, 4) is 5.75 Å². The summed E-state index contributed by atoms with van der Waals surface area (Å²) < 4.78 is 5.71. The van der Waals surface area contributed by atoms with E-state index in [1.54, 1.807) is 0 Å². The minimum Gasteiger partial charge on any atom is -0.493 e. The molecule has 1 fully saturated rings. The van der Waals surface area contributed by atoms with Crippen LogP contribution in [-0.4, -0.2) is 30.8 Å². The maximum atomic E-state index is 10.8. The highest BCUT2D eigenvalue weighted by atomic mass is 16.5. The lowest BCUT2D eigenvalue weighted by Crippen LogP contribution is -2.10. The van der Waals surface area contributed by atoms with Crippen LogP contribution in [0.5, 0.6) is 5.75 Å². The molecule has 0 aliphatic carbocycles. The number of nitrogens with one attached hydrogen (secondary N) is 1. The molecule has 1 aliphatic heterocycles. The predicted molar refractivity (Wildman–Crippen MR) is 73.5 cm³/mol. The fourth-order valence-electron chi connectivity index (χ4n) is 2.47. The van der Waals surface area contributed by atoms with Gasteiger partial charge in [-0.05, 0) is 44.3 Å². The summed E-state index contributed by atoms with van der Waals surface area (Å²) in [5.41, 5.74) is 0.748. The van der Waals surface area contributed by atoms with E-state index in [4.69, 9.17) is 9.84 Å². The summed E-state index contributed by atoms with van der Waals surface area (Å²) in [6.07, 6.45) is 3.47. The quantitative estimate of drug-likeness (QED) is 0.739. The molecule has 0 radical (unpaired) electrons. The van der Waals surface area contributed by atoms with Crippen LogP contribution < -0.4 is 10.1 Å². The lowest BCUT2D eigenvalue weighted by Gasteiger charge is -2.11. The van der Waals surface area contributed by atoms with E-state index in [1.165, 1.54) is 12.8 Å². The van der Waals surface area contributed by atoms with Gasteiger partial charge in [0.1, 0.15) is 5.75 Å². The number of hydrogen-bond donors (Lipinski definition) is 2. The largest absolute Gasteiger partial charge is 0.493 e. The van der Waals surface area contributed by atoms with Crippen molar-refractivity contribution in [3.63, 3.8) is 0 Å². The number of aliphatic carboxylic acids is 1. The zero-order valence-electron chi connectivity index (χ0n) is 11.1. The van der Waals surface area contributed by atoms with Gasteiger partial charge in [-0.25, -0.2) is 0 Å². The summed E-state index contributed by atoms with van der Waals surface area (Å²) in [6.45, 7) is 2.91. The van der Waals surface area contributed by atoms with E-state index in [2.05, 4.69) is 5.32 Å². The first-order valence-electron chi connectivity index (χ1n) is 6.89. The minimum atomic E-state index is -0.826. The van der Waals surface area contributed by atoms with E-state index < -0.39 is 5.97 Å². The van der Waals surface area contributed by atoms with Crippen molar-refractivity contribution < 1.29 is 14.6 Å². The highest BCUT2D eigenvalue weighted by molar-refractivity contribution is 5.71. The van der Waals surface area contributed by atoms with Gasteiger partial charge in [0.25, 0.3) is 0 Å². The second kappa shape index (κ2) is 7.14. The first-order chi connectivity index (χ1) is 9.25. The van der Waals surface area contributed by atoms with Gasteiger partial charge >= 0.3 is 5.97 Å². The number of hydrogen-bond acceptors (Lipinski definition) is 3. The van der Waals surface area contributed by atoms with Crippen LogP contribution in [0.4, 0.5) is 0 Å². The van der Waals surface area contributed by atoms with Gasteiger partial charge in [0.2, 0.25) is 0 Å². The van der Waals surface area contributed by atoms with Crippen molar-refractivity contribution >= 4 is 5.97 Å². The molecule has 1 heterocycles. The van der Waals surface area contributed by atoms with E-state index in [1.807, 2.05) is 24.3 Å². The molecule has 19 heavy (non-hydrogen) atoms. The SMILES string of the molecule is O=C(O)Cc1ccccc1OCCCC1CCNC1. The number of para-hydroxylation sites is 1. The Morgan fingerprint density at radius 3 is 3.00 bits per heavy atom. The van der Waals surface area contributed by atoms with Crippen LogP contribution in [0.2, 0.25) is 0 Å². The van der Waals surface area contributed by atoms with Gasteiger partial charge < -0.3 is 15.2 Å². The second-order valence-electron chi connectivity index (χ2n) is 5.03. The van der Waals surface area contributed by atoms with Gasteiger partial charge in [-0.2, -0.15) is 0 Å². The highest BCUT2D eigenvalue weighted by Crippen LogP contribution is 2.20. The third-order valence-electron chi connectivity index (χ3n) is 3.49. The number of benzene rings is 1. The Bertz CT molecular complexity index is 414. The third kappa shape index (κ3) is 4.56. The number of rotatable bonds is 7. The van der Waals surface area contributed by atoms with Gasteiger partial charge in [0.05, 0.1) is 13.0 Å². The highest BCUT2D eigenvalue weighted by Gasteiger charge is 2.13. The van der Waals surface area contributed by atoms with Crippen molar-refractivity contribution in [1.82, 2.24) is 5.32 Å². The van der Waals surface area contributed by atoms with Gasteiger partial charge in [-0.15, -0.1) is 0 Å². The summed E-state index contributed by atoms with van der Waals surface area (Å²) >= 11 is 0. The molecule has 2 rings (SSSR count). The van der Waals surface area contributed by atoms with Crippen LogP contribution in [0, 0.1) is 5.92 Å². The Balaban J connectivity index is 1.76. The Labute approximate surface area is 113 Å². The fraction of sp³-hybridized carbons (Fsp3) is 0.533. The van der Waals surface area contributed by atoms with Crippen LogP contribution in [0.25, 0.3) is 0 Å². The van der Waals surface area contributed by atoms with E-state index in [0.29, 0.717) is 12.4 Å². The molecule has 1 aliphatic rings. The summed E-state index contributed by atoms with van der Waals surface area (Å²) in [7, 11) is 0. The summed E-state index contributed by atoms with van der Waals surface area (Å²) in [5.74, 6) is 0.653. The molecule has 1 aromatic carbocycles. The predicted octanol–water partition coefficient (Wildman–Crippen LogP) is 2.08. The van der Waals surface area contributed by atoms with Crippen molar-refractivity contribution in [3.05, 3.63) is 29.8 Å². The van der Waals surface area contributed by atoms with Crippen molar-refractivity contribution in [2.45, 2.75) is 25.7 Å². The van der Waals surface area contributed by atoms with Crippen LogP contribution in [0.15, 0.2) is 24.3 Å². The molecular formula is C15H21NO3. The lowest BCUT2D eigenvalue weighted by atomic mass is 10.0. The summed E-state index contributed by atoms with van der Waals surface area (Å²) in [4.78, 5) is 10.8. The Hall–Kier alpha value is -1.55. The topological polar surface area (TPSA) is 58.6 Å². The maximum absolute atomic E-state index is 10.8. The maximum Gasteiger partial charge on any atom is 0.307 e. The number of carbonyl (C=O) groups is 1. The number of ether oxygens (including phenoxy) is 1. The molecular weight excluding hydrogens is 242 g/mol. The van der Waals surface area contributed by atoms with Crippen LogP contribution in [0.1, 0.15) is 24.8 Å². The van der Waals surface area contributed by atoms with Crippen molar-refractivity contribution in [2.75, 3.05) is 19.7 Å². The molecule has 0 bridgehead atoms. The van der Waals surface area contributed by atoms with Crippen LogP contribution in [-0.2, 0) is 11.2 Å². The van der Waals surface area contributed by atoms with Gasteiger partial charge in [-0.3, -0.25) is 4.79 Å². The molecule has 0 amide bonds. The van der Waals surface area contributed by atoms with Crippen molar-refractivity contribution in [1.29, 1.82) is 0 Å². The third-order valence-corrected chi connectivity index (χ3v) is 3.49. The molecule has 1 atom stereocenters. The smallest absolute Gasteiger partial charge is 0.307 e. The van der Waals surface area contributed by atoms with E-state index >= 15 is 0 Å². The van der Waals surface area contributed by atoms with Crippen LogP contribution in [0.3, 0.4) is 0 Å². The Morgan fingerprint density at radius 1 is 1.42 bits per heavy atom.